The smallest absolute Gasteiger partial charge is 0.410 e. The quantitative estimate of drug-likeness (QED) is 0.524. The van der Waals surface area contributed by atoms with E-state index in [1.165, 1.54) is 11.3 Å². The lowest BCUT2D eigenvalue weighted by Gasteiger charge is -2.46. The monoisotopic (exact) mass is 538 g/mol. The molecule has 2 aliphatic heterocycles. The number of amides is 2. The van der Waals surface area contributed by atoms with E-state index >= 15 is 0 Å². The Labute approximate surface area is 193 Å². The minimum atomic E-state index is -0.465. The van der Waals surface area contributed by atoms with E-state index in [-0.39, 0.29) is 18.6 Å². The van der Waals surface area contributed by atoms with Gasteiger partial charge in [0.05, 0.1) is 6.54 Å². The Bertz CT molecular complexity index is 951. The van der Waals surface area contributed by atoms with Crippen molar-refractivity contribution in [3.63, 3.8) is 0 Å². The van der Waals surface area contributed by atoms with Crippen LogP contribution in [0.3, 0.4) is 0 Å². The lowest BCUT2D eigenvalue weighted by atomic mass is 9.89. The largest absolute Gasteiger partial charge is 0.488 e. The van der Waals surface area contributed by atoms with Gasteiger partial charge in [-0.3, -0.25) is 4.79 Å². The van der Waals surface area contributed by atoms with E-state index in [0.717, 1.165) is 19.8 Å². The van der Waals surface area contributed by atoms with Gasteiger partial charge in [0.15, 0.2) is 0 Å². The van der Waals surface area contributed by atoms with Gasteiger partial charge in [-0.15, -0.1) is 11.3 Å². The van der Waals surface area contributed by atoms with E-state index in [1.54, 1.807) is 16.0 Å². The molecule has 6 nitrogen and oxygen atoms in total. The van der Waals surface area contributed by atoms with Gasteiger partial charge in [-0.2, -0.15) is 0 Å². The zero-order chi connectivity index (χ0) is 21.1. The van der Waals surface area contributed by atoms with E-state index in [0.29, 0.717) is 32.5 Å². The van der Waals surface area contributed by atoms with E-state index in [2.05, 4.69) is 22.6 Å². The fraction of sp³-hybridized carbons (Fsp3) is 0.364. The van der Waals surface area contributed by atoms with E-state index in [9.17, 15) is 9.59 Å². The average Bonchev–Trinajstić information content (AvgIpc) is 3.18. The molecule has 1 saturated heterocycles. The Kier molecular flexibility index (Phi) is 6.33. The number of rotatable bonds is 3. The van der Waals surface area contributed by atoms with Crippen LogP contribution in [0.1, 0.15) is 35.0 Å². The maximum Gasteiger partial charge on any atom is 0.410 e. The van der Waals surface area contributed by atoms with Crippen molar-refractivity contribution in [3.8, 4) is 0 Å². The summed E-state index contributed by atoms with van der Waals surface area (Å²) in [5.41, 5.74) is 0.501. The molecule has 3 heterocycles. The summed E-state index contributed by atoms with van der Waals surface area (Å²) < 4.78 is 12.6. The minimum Gasteiger partial charge on any atom is -0.488 e. The van der Waals surface area contributed by atoms with Gasteiger partial charge in [0.2, 0.25) is 0 Å². The summed E-state index contributed by atoms with van der Waals surface area (Å²) in [5, 5.41) is 1.93. The summed E-state index contributed by atoms with van der Waals surface area (Å²) >= 11 is 3.65. The van der Waals surface area contributed by atoms with Crippen LogP contribution in [-0.2, 0) is 16.1 Å². The number of ether oxygens (including phenoxy) is 2. The number of hydrogen-bond acceptors (Lipinski definition) is 5. The molecule has 1 spiro atoms. The second-order valence-electron chi connectivity index (χ2n) is 7.58. The Morgan fingerprint density at radius 3 is 2.60 bits per heavy atom. The fourth-order valence-electron chi connectivity index (χ4n) is 3.85. The van der Waals surface area contributed by atoms with Crippen molar-refractivity contribution in [1.29, 1.82) is 0 Å². The highest BCUT2D eigenvalue weighted by molar-refractivity contribution is 14.1. The van der Waals surface area contributed by atoms with Gasteiger partial charge in [-0.25, -0.2) is 4.79 Å². The Morgan fingerprint density at radius 1 is 1.20 bits per heavy atom. The van der Waals surface area contributed by atoms with Gasteiger partial charge >= 0.3 is 6.09 Å². The zero-order valence-electron chi connectivity index (χ0n) is 16.7. The van der Waals surface area contributed by atoms with Crippen LogP contribution >= 0.6 is 33.9 Å². The summed E-state index contributed by atoms with van der Waals surface area (Å²) in [7, 11) is 0. The third kappa shape index (κ3) is 4.64. The molecule has 0 unspecified atom stereocenters. The standard InChI is InChI=1S/C22H23IN2O4S/c1-16-13-25(20(26)19-18(23)7-12-30-19)15-22(29-16)8-10-24(11-9-22)21(27)28-14-17-5-3-2-4-6-17/h2-7,12-13H,8-11,14-15H2,1H3. The number of benzene rings is 1. The van der Waals surface area contributed by atoms with Crippen molar-refractivity contribution < 1.29 is 19.1 Å². The number of nitrogens with zero attached hydrogens (tertiary/aromatic N) is 2. The normalized spacial score (nSPS) is 18.0. The summed E-state index contributed by atoms with van der Waals surface area (Å²) in [6.07, 6.45) is 2.79. The van der Waals surface area contributed by atoms with E-state index < -0.39 is 5.60 Å². The molecule has 8 heteroatoms. The molecule has 4 rings (SSSR count). The lowest BCUT2D eigenvalue weighted by molar-refractivity contribution is -0.0707. The molecule has 0 bridgehead atoms. The molecule has 0 atom stereocenters. The first-order valence-corrected chi connectivity index (χ1v) is 11.8. The first-order chi connectivity index (χ1) is 14.5. The first-order valence-electron chi connectivity index (χ1n) is 9.83. The maximum absolute atomic E-state index is 13.0. The van der Waals surface area contributed by atoms with Crippen LogP contribution in [0, 0.1) is 3.57 Å². The average molecular weight is 538 g/mol. The van der Waals surface area contributed by atoms with Crippen LogP contribution in [0.5, 0.6) is 0 Å². The Morgan fingerprint density at radius 2 is 1.93 bits per heavy atom. The number of thiophene rings is 1. The van der Waals surface area contributed by atoms with E-state index in [4.69, 9.17) is 9.47 Å². The van der Waals surface area contributed by atoms with Gasteiger partial charge in [-0.05, 0) is 46.5 Å². The first kappa shape index (κ1) is 21.2. The number of likely N-dealkylation sites (tertiary alicyclic amines) is 1. The van der Waals surface area contributed by atoms with Gasteiger partial charge in [0, 0.05) is 35.7 Å². The van der Waals surface area contributed by atoms with Crippen LogP contribution in [0.2, 0.25) is 0 Å². The Balaban J connectivity index is 1.36. The van der Waals surface area contributed by atoms with Crippen LogP contribution in [0.25, 0.3) is 0 Å². The van der Waals surface area contributed by atoms with Gasteiger partial charge < -0.3 is 19.3 Å². The third-order valence-electron chi connectivity index (χ3n) is 5.38. The number of allylic oxidation sites excluding steroid dienone is 1. The number of piperidine rings is 1. The summed E-state index contributed by atoms with van der Waals surface area (Å²) in [6.45, 7) is 3.71. The zero-order valence-corrected chi connectivity index (χ0v) is 19.6. The van der Waals surface area contributed by atoms with Crippen molar-refractivity contribution in [1.82, 2.24) is 9.80 Å². The molecule has 2 amide bonds. The molecule has 158 valence electrons. The topological polar surface area (TPSA) is 59.1 Å². The SMILES string of the molecule is CC1=CN(C(=O)c2sccc2I)CC2(CCN(C(=O)OCc3ccccc3)CC2)O1. The predicted octanol–water partition coefficient (Wildman–Crippen LogP) is 4.86. The van der Waals surface area contributed by atoms with Crippen LogP contribution in [-0.4, -0.2) is 47.0 Å². The van der Waals surface area contributed by atoms with Crippen molar-refractivity contribution in [2.75, 3.05) is 19.6 Å². The Hall–Kier alpha value is -2.07. The molecular weight excluding hydrogens is 515 g/mol. The van der Waals surface area contributed by atoms with Gasteiger partial charge in [0.25, 0.3) is 5.91 Å². The molecule has 0 aliphatic carbocycles. The molecule has 0 radical (unpaired) electrons. The highest BCUT2D eigenvalue weighted by atomic mass is 127. The van der Waals surface area contributed by atoms with Crippen molar-refractivity contribution >= 4 is 45.9 Å². The summed E-state index contributed by atoms with van der Waals surface area (Å²) in [6, 6.07) is 11.6. The number of carbonyl (C=O) groups is 2. The highest BCUT2D eigenvalue weighted by Crippen LogP contribution is 2.34. The van der Waals surface area contributed by atoms with E-state index in [1.807, 2.05) is 48.7 Å². The summed E-state index contributed by atoms with van der Waals surface area (Å²) in [5.74, 6) is 0.724. The molecule has 0 saturated carbocycles. The molecule has 30 heavy (non-hydrogen) atoms. The van der Waals surface area contributed by atoms with Gasteiger partial charge in [0.1, 0.15) is 22.8 Å². The number of hydrogen-bond donors (Lipinski definition) is 0. The molecule has 1 aromatic carbocycles. The molecule has 2 aromatic rings. The van der Waals surface area contributed by atoms with Crippen molar-refractivity contribution in [2.24, 2.45) is 0 Å². The molecular formula is C22H23IN2O4S. The van der Waals surface area contributed by atoms with Gasteiger partial charge in [-0.1, -0.05) is 30.3 Å². The number of halogens is 1. The fourth-order valence-corrected chi connectivity index (χ4v) is 5.63. The second-order valence-corrected chi connectivity index (χ2v) is 9.66. The van der Waals surface area contributed by atoms with Crippen LogP contribution in [0.15, 0.2) is 53.7 Å². The second kappa shape index (κ2) is 8.97. The number of carbonyl (C=O) groups excluding carboxylic acids is 2. The maximum atomic E-state index is 13.0. The third-order valence-corrected chi connectivity index (χ3v) is 7.55. The van der Waals surface area contributed by atoms with Crippen molar-refractivity contribution in [3.05, 3.63) is 67.7 Å². The van der Waals surface area contributed by atoms with Crippen molar-refractivity contribution in [2.45, 2.75) is 32.0 Å². The molecule has 1 aromatic heterocycles. The summed E-state index contributed by atoms with van der Waals surface area (Å²) in [4.78, 5) is 29.7. The van der Waals surface area contributed by atoms with Crippen LogP contribution in [0.4, 0.5) is 4.79 Å². The molecule has 0 N–H and O–H groups in total. The molecule has 1 fully saturated rings. The predicted molar refractivity (Wildman–Crippen MR) is 123 cm³/mol. The molecule has 2 aliphatic rings. The minimum absolute atomic E-state index is 0.00104. The lowest BCUT2D eigenvalue weighted by Crippen LogP contribution is -2.55. The highest BCUT2D eigenvalue weighted by Gasteiger charge is 2.43. The van der Waals surface area contributed by atoms with Crippen LogP contribution < -0.4 is 0 Å².